The Labute approximate surface area is 662 Å². The minimum Gasteiger partial charge on any atom is -0.380 e. The summed E-state index contributed by atoms with van der Waals surface area (Å²) in [7, 11) is 0. The Bertz CT molecular complexity index is 2540. The van der Waals surface area contributed by atoms with Crippen molar-refractivity contribution in [3.63, 3.8) is 0 Å². The van der Waals surface area contributed by atoms with Crippen molar-refractivity contribution >= 4 is 115 Å². The van der Waals surface area contributed by atoms with Gasteiger partial charge in [-0.2, -0.15) is 37.9 Å². The number of guanidine groups is 3. The van der Waals surface area contributed by atoms with Gasteiger partial charge in [0.25, 0.3) is 0 Å². The summed E-state index contributed by atoms with van der Waals surface area (Å²) in [5.41, 5.74) is 21.6. The summed E-state index contributed by atoms with van der Waals surface area (Å²) in [6.45, 7) is 11.2. The van der Waals surface area contributed by atoms with Crippen LogP contribution in [0.25, 0.3) is 0 Å². The Morgan fingerprint density at radius 1 is 0.336 bits per heavy atom. The largest absolute Gasteiger partial charge is 0.413 e. The van der Waals surface area contributed by atoms with Crippen LogP contribution in [-0.4, -0.2) is 307 Å². The van der Waals surface area contributed by atoms with Gasteiger partial charge in [0.15, 0.2) is 17.9 Å². The zero-order valence-electron chi connectivity index (χ0n) is 64.6. The fourth-order valence-corrected chi connectivity index (χ4v) is 10.0. The number of carbonyl (C=O) groups excluding carboxylic acids is 10. The smallest absolute Gasteiger partial charge is 0.380 e. The second kappa shape index (κ2) is 65.6. The average Bonchev–Trinajstić information content (AvgIpc) is 0.882. The van der Waals surface area contributed by atoms with Crippen LogP contribution in [-0.2, 0) is 95.3 Å². The normalized spacial score (nSPS) is 13.4. The Morgan fingerprint density at radius 2 is 0.618 bits per heavy atom. The molecule has 0 rings (SSSR count). The molecule has 0 aromatic heterocycles. The molecule has 10 amide bonds. The summed E-state index contributed by atoms with van der Waals surface area (Å²) in [5.74, 6) is -6.47. The van der Waals surface area contributed by atoms with Gasteiger partial charge in [0.1, 0.15) is 30.2 Å². The van der Waals surface area contributed by atoms with Gasteiger partial charge in [0, 0.05) is 121 Å². The Kier molecular flexibility index (Phi) is 61.5. The molecule has 0 aliphatic heterocycles. The number of hydrogen-bond acceptors (Lipinski definition) is 28. The van der Waals surface area contributed by atoms with Gasteiger partial charge in [-0.3, -0.25) is 64.2 Å². The Morgan fingerprint density at radius 3 is 0.900 bits per heavy atom. The molecule has 0 spiro atoms. The monoisotopic (exact) mass is 1630 g/mol. The Balaban J connectivity index is 6.43. The van der Waals surface area contributed by atoms with E-state index >= 15 is 0 Å². The standard InChI is InChI=1S/C66H129N21O20S3/c1-6-27-98-30-22-74-52(88)14-16-54(90)82-49(43-108)59(95)84-46(11-8-19-79-62(68)69)56(92)76-24-32-101-36-40-105-66(104-39-35-100-29-18-67,107-42-38-103-34-26-78-58(94)48(13-10-21-81-64(72)73)86-61(97)51(45-110)87-65(3,4)5)106-41-37-102-33-25-77-57(93)47(12-9-20-80-63(70)71)85-60(96)50(44-109)83-55(91)17-15-53(89)75-23-31-99-28-7-2/h46-51,87,108-110H,6-45,67H2,1-5H3,(H,74,88)(H,75,89)(H,76,92)(H,77,93)(H,78,94)(H,82,90)(H,83,91)(H,84,95)(H,85,96)(H,86,97)(H4,68,69,79)(H4,70,71,80)(H4,72,73,81). The van der Waals surface area contributed by atoms with Crippen molar-refractivity contribution in [1.29, 1.82) is 16.2 Å². The zero-order valence-corrected chi connectivity index (χ0v) is 67.2. The van der Waals surface area contributed by atoms with E-state index < -0.39 is 95.2 Å². The third-order valence-corrected chi connectivity index (χ3v) is 15.6. The fraction of sp³-hybridized carbons (Fsp3) is 0.803. The predicted octanol–water partition coefficient (Wildman–Crippen LogP) is -5.56. The molecule has 0 bridgehead atoms. The van der Waals surface area contributed by atoms with E-state index in [4.69, 9.17) is 86.5 Å². The van der Waals surface area contributed by atoms with Crippen molar-refractivity contribution in [2.45, 2.75) is 160 Å². The van der Waals surface area contributed by atoms with Crippen LogP contribution in [0.2, 0.25) is 0 Å². The third-order valence-electron chi connectivity index (χ3n) is 14.5. The van der Waals surface area contributed by atoms with Crippen LogP contribution in [0, 0.1) is 16.2 Å². The molecule has 0 fully saturated rings. The number of nitrogens with one attached hydrogen (secondary N) is 17. The molecular formula is C66H129N21O20S3. The molecule has 0 saturated carbocycles. The lowest BCUT2D eigenvalue weighted by Crippen LogP contribution is -2.57. The van der Waals surface area contributed by atoms with E-state index in [2.05, 4.69) is 112 Å². The molecule has 41 nitrogen and oxygen atoms in total. The van der Waals surface area contributed by atoms with Crippen molar-refractivity contribution < 1.29 is 95.3 Å². The van der Waals surface area contributed by atoms with Crippen molar-refractivity contribution in [1.82, 2.24) is 74.4 Å². The van der Waals surface area contributed by atoms with E-state index in [0.717, 1.165) is 12.8 Å². The van der Waals surface area contributed by atoms with Crippen molar-refractivity contribution in [2.75, 3.05) is 182 Å². The molecule has 0 aromatic rings. The zero-order chi connectivity index (χ0) is 82.2. The Hall–Kier alpha value is -6.92. The van der Waals surface area contributed by atoms with E-state index in [-0.39, 0.29) is 243 Å². The van der Waals surface area contributed by atoms with E-state index in [0.29, 0.717) is 32.8 Å². The summed E-state index contributed by atoms with van der Waals surface area (Å²) < 4.78 is 58.1. The van der Waals surface area contributed by atoms with Gasteiger partial charge in [0.05, 0.1) is 98.5 Å². The first kappa shape index (κ1) is 103. The number of nitrogens with two attached hydrogens (primary N) is 4. The summed E-state index contributed by atoms with van der Waals surface area (Å²) in [5, 5.41) is 60.4. The second-order valence-electron chi connectivity index (χ2n) is 25.3. The first-order valence-electron chi connectivity index (χ1n) is 37.0. The van der Waals surface area contributed by atoms with E-state index in [1.807, 2.05) is 34.6 Å². The van der Waals surface area contributed by atoms with Gasteiger partial charge in [-0.05, 0) is 72.1 Å². The first-order valence-corrected chi connectivity index (χ1v) is 38.9. The third kappa shape index (κ3) is 56.3. The number of hydrogen-bond donors (Lipinski definition) is 24. The molecule has 44 heteroatoms. The molecule has 6 unspecified atom stereocenters. The minimum atomic E-state index is -2.30. The maximum atomic E-state index is 13.7. The van der Waals surface area contributed by atoms with Crippen LogP contribution in [0.15, 0.2) is 0 Å². The maximum absolute atomic E-state index is 13.7. The molecule has 0 aromatic carbocycles. The molecule has 0 saturated heterocycles. The molecule has 25 N–H and O–H groups in total. The lowest BCUT2D eigenvalue weighted by molar-refractivity contribution is -0.501. The highest BCUT2D eigenvalue weighted by molar-refractivity contribution is 7.80. The molecule has 0 aliphatic rings. The van der Waals surface area contributed by atoms with Gasteiger partial charge in [-0.1, -0.05) is 13.8 Å². The van der Waals surface area contributed by atoms with E-state index in [9.17, 15) is 47.9 Å². The van der Waals surface area contributed by atoms with Crippen LogP contribution in [0.3, 0.4) is 0 Å². The predicted molar refractivity (Wildman–Crippen MR) is 420 cm³/mol. The van der Waals surface area contributed by atoms with Crippen molar-refractivity contribution in [3.8, 4) is 0 Å². The van der Waals surface area contributed by atoms with Crippen molar-refractivity contribution in [2.24, 2.45) is 22.9 Å². The molecular weight excluding hydrogens is 1500 g/mol. The number of thiol groups is 3. The van der Waals surface area contributed by atoms with Crippen LogP contribution < -0.4 is 97.4 Å². The fourth-order valence-electron chi connectivity index (χ4n) is 9.25. The van der Waals surface area contributed by atoms with Gasteiger partial charge < -0.3 is 145 Å². The van der Waals surface area contributed by atoms with Crippen LogP contribution in [0.4, 0.5) is 0 Å². The molecule has 0 radical (unpaired) electrons. The summed E-state index contributed by atoms with van der Waals surface area (Å²) in [6.07, 6.45) is -0.0725. The van der Waals surface area contributed by atoms with E-state index in [1.54, 1.807) is 0 Å². The maximum Gasteiger partial charge on any atom is 0.413 e. The molecule has 6 atom stereocenters. The summed E-state index contributed by atoms with van der Waals surface area (Å²) in [6, 6.07) is -6.29. The molecule has 110 heavy (non-hydrogen) atoms. The summed E-state index contributed by atoms with van der Waals surface area (Å²) >= 11 is 12.8. The minimum absolute atomic E-state index is 0.00160. The number of rotatable bonds is 70. The summed E-state index contributed by atoms with van der Waals surface area (Å²) in [4.78, 5) is 131. The van der Waals surface area contributed by atoms with Crippen molar-refractivity contribution in [3.05, 3.63) is 0 Å². The number of carbonyl (C=O) groups is 10. The topological polar surface area (TPSA) is 607 Å². The van der Waals surface area contributed by atoms with Gasteiger partial charge in [0.2, 0.25) is 59.1 Å². The number of amides is 10. The molecule has 0 heterocycles. The molecule has 636 valence electrons. The highest BCUT2D eigenvalue weighted by atomic mass is 32.1. The van der Waals surface area contributed by atoms with Crippen LogP contribution in [0.1, 0.15) is 112 Å². The first-order chi connectivity index (χ1) is 52.6. The van der Waals surface area contributed by atoms with Crippen LogP contribution >= 0.6 is 37.9 Å². The second-order valence-corrected chi connectivity index (χ2v) is 26.4. The highest BCUT2D eigenvalue weighted by Crippen LogP contribution is 2.19. The van der Waals surface area contributed by atoms with Gasteiger partial charge in [-0.25, -0.2) is 0 Å². The highest BCUT2D eigenvalue weighted by Gasteiger charge is 2.37. The van der Waals surface area contributed by atoms with Gasteiger partial charge in [-0.15, -0.1) is 0 Å². The van der Waals surface area contributed by atoms with Gasteiger partial charge >= 0.3 is 6.16 Å². The van der Waals surface area contributed by atoms with E-state index in [1.165, 1.54) is 0 Å². The van der Waals surface area contributed by atoms with Crippen LogP contribution in [0.5, 0.6) is 0 Å². The lowest BCUT2D eigenvalue weighted by atomic mass is 10.1. The lowest BCUT2D eigenvalue weighted by Gasteiger charge is -2.32. The molecule has 0 aliphatic carbocycles. The average molecular weight is 1630 g/mol. The quantitative estimate of drug-likeness (QED) is 0.00888. The SMILES string of the molecule is CCCOCCNC(=O)CCC(=O)NC(CS)C(=O)NC(CCCNC(=N)N)C(=O)NCCOCCOC(OCCOCCN)(OCCOCCNC(=O)C(CCCNC(=N)N)NC(=O)C(CS)NC(=O)CCC(=O)NCCOCCC)OCCOCCNC(=O)C(CCCNC(=N)N)NC(=O)C(CS)NC(C)(C)C. The number of ether oxygens (including phenoxy) is 10.